The third kappa shape index (κ3) is 3.73. The molecule has 0 unspecified atom stereocenters. The predicted molar refractivity (Wildman–Crippen MR) is 123 cm³/mol. The number of hydrogen-bond donors (Lipinski definition) is 1. The van der Waals surface area contributed by atoms with Gasteiger partial charge in [-0.25, -0.2) is 4.99 Å². The molecule has 2 aromatic rings. The average molecular weight is 402 g/mol. The Hall–Kier alpha value is -3.06. The number of hydrogen-bond acceptors (Lipinski definition) is 3. The monoisotopic (exact) mass is 401 g/mol. The first-order chi connectivity index (χ1) is 14.2. The molecule has 0 aromatic heterocycles. The summed E-state index contributed by atoms with van der Waals surface area (Å²) < 4.78 is 0. The van der Waals surface area contributed by atoms with Gasteiger partial charge in [0.25, 0.3) is 5.91 Å². The molecule has 0 bridgehead atoms. The number of aryl methyl sites for hydroxylation is 3. The van der Waals surface area contributed by atoms with E-state index in [1.54, 1.807) is 7.05 Å². The van der Waals surface area contributed by atoms with Gasteiger partial charge in [-0.15, -0.1) is 0 Å². The molecule has 0 spiro atoms. The van der Waals surface area contributed by atoms with E-state index in [0.717, 1.165) is 35.1 Å². The van der Waals surface area contributed by atoms with Crippen LogP contribution in [0.2, 0.25) is 0 Å². The molecule has 4 heteroatoms. The Kier molecular flexibility index (Phi) is 6.03. The topological polar surface area (TPSA) is 58.7 Å². The zero-order valence-corrected chi connectivity index (χ0v) is 18.8. The van der Waals surface area contributed by atoms with E-state index in [9.17, 15) is 4.79 Å². The molecule has 0 radical (unpaired) electrons. The van der Waals surface area contributed by atoms with Crippen LogP contribution in [0, 0.1) is 31.6 Å². The molecule has 0 saturated heterocycles. The standard InChI is InChI=1S/C26H31N3O/c1-7-20-15-22(13-11-18(20)4)26(24(30)29(6)25(27)28-26)23-14-12-19(5)21(16-23)10-8-9-17(2)3/h11-17H,7,9H2,1-6H3,(H2,27,28)/t26-/m1/s1. The van der Waals surface area contributed by atoms with Gasteiger partial charge in [0.1, 0.15) is 0 Å². The van der Waals surface area contributed by atoms with Crippen LogP contribution in [0.5, 0.6) is 0 Å². The van der Waals surface area contributed by atoms with Gasteiger partial charge in [-0.05, 0) is 60.1 Å². The predicted octanol–water partition coefficient (Wildman–Crippen LogP) is 4.29. The lowest BCUT2D eigenvalue weighted by Crippen LogP contribution is -2.41. The van der Waals surface area contributed by atoms with E-state index in [1.165, 1.54) is 16.0 Å². The van der Waals surface area contributed by atoms with Crippen molar-refractivity contribution < 1.29 is 4.79 Å². The van der Waals surface area contributed by atoms with Crippen LogP contribution in [0.3, 0.4) is 0 Å². The van der Waals surface area contributed by atoms with Gasteiger partial charge in [0.15, 0.2) is 11.5 Å². The van der Waals surface area contributed by atoms with Crippen molar-refractivity contribution in [3.63, 3.8) is 0 Å². The summed E-state index contributed by atoms with van der Waals surface area (Å²) in [4.78, 5) is 19.7. The molecular formula is C26H31N3O. The first kappa shape index (κ1) is 21.6. The third-order valence-electron chi connectivity index (χ3n) is 5.78. The van der Waals surface area contributed by atoms with Crippen molar-refractivity contribution in [3.05, 3.63) is 69.8 Å². The molecule has 2 aromatic carbocycles. The summed E-state index contributed by atoms with van der Waals surface area (Å²) in [5, 5.41) is 0. The van der Waals surface area contributed by atoms with Gasteiger partial charge in [0, 0.05) is 19.0 Å². The van der Waals surface area contributed by atoms with E-state index in [0.29, 0.717) is 5.92 Å². The number of guanidine groups is 1. The molecule has 4 nitrogen and oxygen atoms in total. The van der Waals surface area contributed by atoms with Gasteiger partial charge in [-0.1, -0.05) is 62.9 Å². The number of nitrogens with zero attached hydrogens (tertiary/aromatic N) is 2. The van der Waals surface area contributed by atoms with Crippen LogP contribution in [-0.4, -0.2) is 23.8 Å². The summed E-state index contributed by atoms with van der Waals surface area (Å²) >= 11 is 0. The van der Waals surface area contributed by atoms with Crippen molar-refractivity contribution >= 4 is 11.9 Å². The lowest BCUT2D eigenvalue weighted by molar-refractivity contribution is -0.129. The lowest BCUT2D eigenvalue weighted by Gasteiger charge is -2.27. The minimum absolute atomic E-state index is 0.143. The number of likely N-dealkylation sites (N-methyl/N-ethyl adjacent to an activating group) is 1. The van der Waals surface area contributed by atoms with Crippen LogP contribution in [0.15, 0.2) is 41.4 Å². The van der Waals surface area contributed by atoms with Crippen molar-refractivity contribution in [3.8, 4) is 11.8 Å². The molecule has 30 heavy (non-hydrogen) atoms. The smallest absolute Gasteiger partial charge is 0.266 e. The zero-order valence-electron chi connectivity index (χ0n) is 18.8. The number of nitrogens with two attached hydrogens (primary N) is 1. The molecule has 156 valence electrons. The Morgan fingerprint density at radius 1 is 1.10 bits per heavy atom. The van der Waals surface area contributed by atoms with Crippen LogP contribution < -0.4 is 5.73 Å². The van der Waals surface area contributed by atoms with Crippen molar-refractivity contribution in [2.45, 2.75) is 53.0 Å². The number of aliphatic imine (C=N–C) groups is 1. The summed E-state index contributed by atoms with van der Waals surface area (Å²) in [6.07, 6.45) is 1.72. The van der Waals surface area contributed by atoms with Gasteiger partial charge < -0.3 is 5.73 Å². The fraction of sp³-hybridized carbons (Fsp3) is 0.385. The molecule has 1 heterocycles. The van der Waals surface area contributed by atoms with Gasteiger partial charge in [-0.3, -0.25) is 9.69 Å². The molecule has 0 aliphatic carbocycles. The number of amides is 1. The Bertz CT molecular complexity index is 1070. The van der Waals surface area contributed by atoms with Crippen LogP contribution >= 0.6 is 0 Å². The largest absolute Gasteiger partial charge is 0.369 e. The number of rotatable bonds is 4. The maximum atomic E-state index is 13.5. The molecule has 0 fully saturated rings. The normalized spacial score (nSPS) is 18.4. The molecule has 1 aliphatic rings. The number of carbonyl (C=O) groups excluding carboxylic acids is 1. The molecule has 1 aliphatic heterocycles. The second-order valence-corrected chi connectivity index (χ2v) is 8.47. The van der Waals surface area contributed by atoms with E-state index in [4.69, 9.17) is 10.7 Å². The number of carbonyl (C=O) groups is 1. The van der Waals surface area contributed by atoms with E-state index in [2.05, 4.69) is 51.7 Å². The quantitative estimate of drug-likeness (QED) is 0.777. The first-order valence-corrected chi connectivity index (χ1v) is 10.5. The second-order valence-electron chi connectivity index (χ2n) is 8.47. The molecule has 1 atom stereocenters. The highest BCUT2D eigenvalue weighted by Crippen LogP contribution is 2.40. The minimum atomic E-state index is -1.18. The van der Waals surface area contributed by atoms with E-state index in [-0.39, 0.29) is 11.9 Å². The van der Waals surface area contributed by atoms with Crippen molar-refractivity contribution in [1.82, 2.24) is 4.90 Å². The number of benzene rings is 2. The Labute approximate surface area is 180 Å². The van der Waals surface area contributed by atoms with Crippen molar-refractivity contribution in [2.24, 2.45) is 16.6 Å². The summed E-state index contributed by atoms with van der Waals surface area (Å²) in [7, 11) is 1.68. The summed E-state index contributed by atoms with van der Waals surface area (Å²) in [6.45, 7) is 10.6. The van der Waals surface area contributed by atoms with E-state index < -0.39 is 5.54 Å². The lowest BCUT2D eigenvalue weighted by atomic mass is 9.80. The van der Waals surface area contributed by atoms with Gasteiger partial charge in [-0.2, -0.15) is 0 Å². The van der Waals surface area contributed by atoms with Crippen LogP contribution in [0.1, 0.15) is 60.6 Å². The molecular weight excluding hydrogens is 370 g/mol. The second kappa shape index (κ2) is 8.36. The Morgan fingerprint density at radius 2 is 1.73 bits per heavy atom. The highest BCUT2D eigenvalue weighted by molar-refractivity contribution is 6.09. The molecule has 1 amide bonds. The maximum Gasteiger partial charge on any atom is 0.266 e. The van der Waals surface area contributed by atoms with Gasteiger partial charge in [0.2, 0.25) is 0 Å². The van der Waals surface area contributed by atoms with Crippen molar-refractivity contribution in [2.75, 3.05) is 7.05 Å². The van der Waals surface area contributed by atoms with Crippen LogP contribution in [0.25, 0.3) is 0 Å². The van der Waals surface area contributed by atoms with Crippen LogP contribution in [0.4, 0.5) is 0 Å². The third-order valence-corrected chi connectivity index (χ3v) is 5.78. The fourth-order valence-electron chi connectivity index (χ4n) is 3.79. The van der Waals surface area contributed by atoms with Crippen LogP contribution in [-0.2, 0) is 16.8 Å². The summed E-state index contributed by atoms with van der Waals surface area (Å²) in [6, 6.07) is 12.1. The molecule has 2 N–H and O–H groups in total. The SMILES string of the molecule is CCc1cc([C@]2(c3ccc(C)c(C#CCC(C)C)c3)N=C(N)N(C)C2=O)ccc1C. The van der Waals surface area contributed by atoms with Gasteiger partial charge in [0.05, 0.1) is 0 Å². The van der Waals surface area contributed by atoms with Gasteiger partial charge >= 0.3 is 0 Å². The Morgan fingerprint density at radius 3 is 2.30 bits per heavy atom. The summed E-state index contributed by atoms with van der Waals surface area (Å²) in [5.74, 6) is 7.15. The van der Waals surface area contributed by atoms with E-state index in [1.807, 2.05) is 31.2 Å². The summed E-state index contributed by atoms with van der Waals surface area (Å²) in [5.41, 5.74) is 11.0. The average Bonchev–Trinajstić information content (AvgIpc) is 2.94. The minimum Gasteiger partial charge on any atom is -0.369 e. The van der Waals surface area contributed by atoms with Crippen molar-refractivity contribution in [1.29, 1.82) is 0 Å². The Balaban J connectivity index is 2.23. The highest BCUT2D eigenvalue weighted by atomic mass is 16.2. The van der Waals surface area contributed by atoms with E-state index >= 15 is 0 Å². The zero-order chi connectivity index (χ0) is 22.1. The highest BCUT2D eigenvalue weighted by Gasteiger charge is 2.49. The molecule has 3 rings (SSSR count). The first-order valence-electron chi connectivity index (χ1n) is 10.5. The molecule has 0 saturated carbocycles. The fourth-order valence-corrected chi connectivity index (χ4v) is 3.79. The maximum absolute atomic E-state index is 13.5.